The highest BCUT2D eigenvalue weighted by atomic mass is 16.5. The average Bonchev–Trinajstić information content (AvgIpc) is 3.22. The van der Waals surface area contributed by atoms with Crippen molar-refractivity contribution in [1.29, 1.82) is 0 Å². The third-order valence-electron chi connectivity index (χ3n) is 5.84. The first-order valence-electron chi connectivity index (χ1n) is 11.3. The third kappa shape index (κ3) is 4.99. The van der Waals surface area contributed by atoms with Crippen molar-refractivity contribution in [1.82, 2.24) is 24.4 Å². The van der Waals surface area contributed by atoms with Crippen LogP contribution >= 0.6 is 0 Å². The maximum Gasteiger partial charge on any atom is 0.220 e. The summed E-state index contributed by atoms with van der Waals surface area (Å²) in [5.74, 6) is 1.89. The number of carbonyl (C=O) groups is 1. The van der Waals surface area contributed by atoms with Gasteiger partial charge in [0.1, 0.15) is 24.0 Å². The number of ether oxygens (including phenoxy) is 2. The highest BCUT2D eigenvalue weighted by molar-refractivity contribution is 5.64. The van der Waals surface area contributed by atoms with E-state index in [0.717, 1.165) is 34.5 Å². The Kier molecular flexibility index (Phi) is 6.40. The summed E-state index contributed by atoms with van der Waals surface area (Å²) in [6.45, 7) is 3.41. The number of benzene rings is 1. The van der Waals surface area contributed by atoms with E-state index >= 15 is 0 Å². The molecule has 5 rings (SSSR count). The van der Waals surface area contributed by atoms with Crippen LogP contribution in [0.4, 0.5) is 11.5 Å². The van der Waals surface area contributed by atoms with E-state index in [1.165, 1.54) is 0 Å². The monoisotopic (exact) mass is 470 g/mol. The number of nitrogens with zero attached hydrogens (tertiary/aromatic N) is 5. The van der Waals surface area contributed by atoms with Gasteiger partial charge in [-0.05, 0) is 37.3 Å². The number of methoxy groups -OCH3 is 1. The molecule has 0 bridgehead atoms. The molecule has 1 N–H and O–H groups in total. The summed E-state index contributed by atoms with van der Waals surface area (Å²) in [4.78, 5) is 26.5. The van der Waals surface area contributed by atoms with Crippen molar-refractivity contribution >= 4 is 17.8 Å². The Morgan fingerprint density at radius 3 is 2.91 bits per heavy atom. The lowest BCUT2D eigenvalue weighted by molar-refractivity contribution is -0.109. The molecule has 9 nitrogen and oxygen atoms in total. The second-order valence-corrected chi connectivity index (χ2v) is 8.35. The number of anilines is 2. The van der Waals surface area contributed by atoms with Crippen LogP contribution in [0.15, 0.2) is 67.4 Å². The number of hydrogen-bond donors (Lipinski definition) is 1. The summed E-state index contributed by atoms with van der Waals surface area (Å²) in [6.07, 6.45) is 7.85. The highest BCUT2D eigenvalue weighted by Gasteiger charge is 2.25. The quantitative estimate of drug-likeness (QED) is 0.407. The number of carbonyl (C=O) groups excluding carboxylic acids is 1. The fourth-order valence-electron chi connectivity index (χ4n) is 4.13. The minimum absolute atomic E-state index is 0.286. The zero-order valence-electron chi connectivity index (χ0n) is 19.6. The van der Waals surface area contributed by atoms with Crippen LogP contribution in [-0.4, -0.2) is 50.9 Å². The van der Waals surface area contributed by atoms with Crippen molar-refractivity contribution < 1.29 is 14.3 Å². The van der Waals surface area contributed by atoms with Gasteiger partial charge >= 0.3 is 0 Å². The van der Waals surface area contributed by atoms with Gasteiger partial charge < -0.3 is 24.2 Å². The van der Waals surface area contributed by atoms with E-state index in [1.807, 2.05) is 65.1 Å². The molecule has 0 fully saturated rings. The summed E-state index contributed by atoms with van der Waals surface area (Å²) in [5, 5.41) is 3.35. The van der Waals surface area contributed by atoms with E-state index in [9.17, 15) is 4.79 Å². The maximum atomic E-state index is 11.2. The van der Waals surface area contributed by atoms with Crippen molar-refractivity contribution in [2.45, 2.75) is 19.6 Å². The third-order valence-corrected chi connectivity index (χ3v) is 5.84. The van der Waals surface area contributed by atoms with Gasteiger partial charge in [0.05, 0.1) is 31.4 Å². The summed E-state index contributed by atoms with van der Waals surface area (Å²) in [6, 6.07) is 13.6. The summed E-state index contributed by atoms with van der Waals surface area (Å²) >= 11 is 0. The number of pyridine rings is 2. The second kappa shape index (κ2) is 9.94. The molecule has 1 unspecified atom stereocenters. The Morgan fingerprint density at radius 1 is 1.26 bits per heavy atom. The van der Waals surface area contributed by atoms with Crippen molar-refractivity contribution in [3.05, 3.63) is 84.2 Å². The molecule has 3 aromatic heterocycles. The Morgan fingerprint density at radius 2 is 2.17 bits per heavy atom. The molecule has 0 aliphatic carbocycles. The normalized spacial score (nSPS) is 15.5. The average molecular weight is 471 g/mol. The molecule has 0 radical (unpaired) electrons. The van der Waals surface area contributed by atoms with E-state index in [-0.39, 0.29) is 6.10 Å². The molecule has 0 saturated heterocycles. The molecule has 1 aliphatic heterocycles. The van der Waals surface area contributed by atoms with E-state index in [0.29, 0.717) is 37.1 Å². The Hall–Kier alpha value is -4.24. The van der Waals surface area contributed by atoms with Crippen LogP contribution in [0.25, 0.3) is 5.69 Å². The Bertz CT molecular complexity index is 1320. The van der Waals surface area contributed by atoms with Crippen LogP contribution < -0.4 is 14.8 Å². The predicted molar refractivity (Wildman–Crippen MR) is 131 cm³/mol. The zero-order valence-corrected chi connectivity index (χ0v) is 19.6. The number of aldehydes is 1. The first kappa shape index (κ1) is 22.5. The van der Waals surface area contributed by atoms with Gasteiger partial charge in [0.15, 0.2) is 0 Å². The van der Waals surface area contributed by atoms with E-state index in [4.69, 9.17) is 14.5 Å². The van der Waals surface area contributed by atoms with E-state index in [1.54, 1.807) is 25.8 Å². The molecule has 178 valence electrons. The summed E-state index contributed by atoms with van der Waals surface area (Å²) < 4.78 is 13.9. The SMILES string of the molecule is COc1cc(Nc2ccc3c(n2)OC(c2cccnc2)CN(CC=O)C3)ccc1-n1cnc(C)c1. The van der Waals surface area contributed by atoms with Gasteiger partial charge in [-0.1, -0.05) is 6.07 Å². The smallest absolute Gasteiger partial charge is 0.220 e. The topological polar surface area (TPSA) is 94.4 Å². The summed E-state index contributed by atoms with van der Waals surface area (Å²) in [5.41, 5.74) is 4.51. The maximum absolute atomic E-state index is 11.2. The van der Waals surface area contributed by atoms with Gasteiger partial charge in [-0.2, -0.15) is 4.98 Å². The minimum Gasteiger partial charge on any atom is -0.494 e. The fraction of sp³-hybridized carbons (Fsp3) is 0.231. The van der Waals surface area contributed by atoms with Gasteiger partial charge in [0, 0.05) is 54.6 Å². The highest BCUT2D eigenvalue weighted by Crippen LogP contribution is 2.32. The Labute approximate surface area is 203 Å². The molecule has 4 aromatic rings. The molecule has 1 aromatic carbocycles. The molecule has 1 aliphatic rings. The molecule has 0 spiro atoms. The molecule has 1 atom stereocenters. The molecule has 0 saturated carbocycles. The van der Waals surface area contributed by atoms with Gasteiger partial charge in [-0.25, -0.2) is 4.98 Å². The van der Waals surface area contributed by atoms with Crippen LogP contribution in [0.2, 0.25) is 0 Å². The lowest BCUT2D eigenvalue weighted by Gasteiger charge is -2.21. The molecule has 4 heterocycles. The van der Waals surface area contributed by atoms with Crippen LogP contribution in [0.5, 0.6) is 11.6 Å². The number of aromatic nitrogens is 4. The number of hydrogen-bond acceptors (Lipinski definition) is 8. The number of nitrogens with one attached hydrogen (secondary N) is 1. The van der Waals surface area contributed by atoms with Crippen molar-refractivity contribution in [2.24, 2.45) is 0 Å². The van der Waals surface area contributed by atoms with Crippen LogP contribution in [0.3, 0.4) is 0 Å². The molecule has 9 heteroatoms. The first-order chi connectivity index (χ1) is 17.1. The number of rotatable bonds is 7. The fourth-order valence-corrected chi connectivity index (χ4v) is 4.13. The van der Waals surface area contributed by atoms with E-state index in [2.05, 4.69) is 15.3 Å². The van der Waals surface area contributed by atoms with Crippen LogP contribution in [0.1, 0.15) is 22.9 Å². The van der Waals surface area contributed by atoms with Gasteiger partial charge in [0.25, 0.3) is 0 Å². The Balaban J connectivity index is 1.42. The molecule has 0 amide bonds. The predicted octanol–water partition coefficient (Wildman–Crippen LogP) is 3.86. The largest absolute Gasteiger partial charge is 0.494 e. The molecular formula is C26H26N6O3. The van der Waals surface area contributed by atoms with Gasteiger partial charge in [-0.15, -0.1) is 0 Å². The number of imidazole rings is 1. The zero-order chi connectivity index (χ0) is 24.2. The lowest BCUT2D eigenvalue weighted by atomic mass is 10.1. The van der Waals surface area contributed by atoms with Crippen molar-refractivity contribution in [3.8, 4) is 17.3 Å². The van der Waals surface area contributed by atoms with Crippen molar-refractivity contribution in [2.75, 3.05) is 25.5 Å². The van der Waals surface area contributed by atoms with Gasteiger partial charge in [0.2, 0.25) is 5.88 Å². The van der Waals surface area contributed by atoms with E-state index < -0.39 is 0 Å². The molecule has 35 heavy (non-hydrogen) atoms. The van der Waals surface area contributed by atoms with Crippen LogP contribution in [-0.2, 0) is 11.3 Å². The standard InChI is InChI=1S/C26H26N6O3/c1-18-14-32(17-28-18)22-7-6-21(12-23(22)34-2)29-25-8-5-20-15-31(10-11-33)16-24(35-26(20)30-25)19-4-3-9-27-13-19/h3-9,11-14,17,24H,10,15-16H2,1-2H3,(H,29,30). The number of aryl methyl sites for hydroxylation is 1. The van der Waals surface area contributed by atoms with Crippen LogP contribution in [0, 0.1) is 6.92 Å². The molecular weight excluding hydrogens is 444 g/mol. The number of fused-ring (bicyclic) bond motifs is 1. The van der Waals surface area contributed by atoms with Gasteiger partial charge in [-0.3, -0.25) is 9.88 Å². The lowest BCUT2D eigenvalue weighted by Crippen LogP contribution is -2.29. The summed E-state index contributed by atoms with van der Waals surface area (Å²) in [7, 11) is 1.64. The first-order valence-corrected chi connectivity index (χ1v) is 11.3. The van der Waals surface area contributed by atoms with Crippen molar-refractivity contribution in [3.63, 3.8) is 0 Å². The second-order valence-electron chi connectivity index (χ2n) is 8.35. The minimum atomic E-state index is -0.286.